The molecule has 166 valence electrons. The van der Waals surface area contributed by atoms with E-state index in [2.05, 4.69) is 10.3 Å². The lowest BCUT2D eigenvalue weighted by molar-refractivity contribution is -0.132. The van der Waals surface area contributed by atoms with E-state index < -0.39 is 15.8 Å². The highest BCUT2D eigenvalue weighted by Crippen LogP contribution is 2.33. The van der Waals surface area contributed by atoms with Gasteiger partial charge in [-0.1, -0.05) is 36.4 Å². The number of nitrogens with one attached hydrogen (secondary N) is 1. The maximum atomic E-state index is 11.7. The summed E-state index contributed by atoms with van der Waals surface area (Å²) in [5, 5.41) is 12.2. The fourth-order valence-corrected chi connectivity index (χ4v) is 4.68. The number of benzene rings is 2. The Balaban J connectivity index is 1.95. The van der Waals surface area contributed by atoms with Gasteiger partial charge in [0.05, 0.1) is 10.6 Å². The van der Waals surface area contributed by atoms with Crippen molar-refractivity contribution in [2.75, 3.05) is 11.6 Å². The Morgan fingerprint density at radius 2 is 1.69 bits per heavy atom. The number of nitrogens with zero attached hydrogens (tertiary/aromatic N) is 1. The quantitative estimate of drug-likeness (QED) is 0.499. The lowest BCUT2D eigenvalue weighted by Gasteiger charge is -2.05. The van der Waals surface area contributed by atoms with Gasteiger partial charge in [0.25, 0.3) is 0 Å². The number of sulfone groups is 1. The predicted octanol–water partition coefficient (Wildman–Crippen LogP) is 4.25. The van der Waals surface area contributed by atoms with E-state index in [1.54, 1.807) is 30.3 Å². The van der Waals surface area contributed by atoms with Crippen LogP contribution >= 0.6 is 11.3 Å². The van der Waals surface area contributed by atoms with Gasteiger partial charge in [0, 0.05) is 35.6 Å². The van der Waals surface area contributed by atoms with Gasteiger partial charge in [-0.3, -0.25) is 4.79 Å². The predicted molar refractivity (Wildman–Crippen MR) is 125 cm³/mol. The van der Waals surface area contributed by atoms with Gasteiger partial charge in [-0.25, -0.2) is 18.2 Å². The van der Waals surface area contributed by atoms with E-state index in [0.717, 1.165) is 21.6 Å². The number of aliphatic carboxylic acids is 1. The molecule has 3 aromatic rings. The maximum Gasteiger partial charge on any atom is 0.331 e. The number of hydrogen-bond donors (Lipinski definition) is 2. The molecule has 0 saturated carbocycles. The molecule has 0 unspecified atom stereocenters. The first kappa shape index (κ1) is 23.4. The lowest BCUT2D eigenvalue weighted by Crippen LogP contribution is -2.04. The summed E-state index contributed by atoms with van der Waals surface area (Å²) in [4.78, 5) is 28.3. The van der Waals surface area contributed by atoms with E-state index in [-0.39, 0.29) is 16.4 Å². The van der Waals surface area contributed by atoms with Crippen molar-refractivity contribution in [3.8, 4) is 11.3 Å². The van der Waals surface area contributed by atoms with Crippen LogP contribution in [0.3, 0.4) is 0 Å². The summed E-state index contributed by atoms with van der Waals surface area (Å²) in [5.41, 5.74) is 3.43. The second-order valence-electron chi connectivity index (χ2n) is 7.32. The van der Waals surface area contributed by atoms with E-state index >= 15 is 0 Å². The molecule has 7 nitrogen and oxygen atoms in total. The molecule has 0 fully saturated rings. The second kappa shape index (κ2) is 9.46. The minimum atomic E-state index is -3.27. The van der Waals surface area contributed by atoms with Crippen LogP contribution in [0.5, 0.6) is 0 Å². The SMILES string of the molecule is CC(=O)Nc1nc(-c2ccc(C=C(C)C(=O)O)cc2)c(Cc2ccc(S(C)(=O)=O)cc2)s1. The fourth-order valence-electron chi connectivity index (χ4n) is 2.99. The molecule has 0 aliphatic heterocycles. The zero-order chi connectivity index (χ0) is 23.5. The molecule has 1 heterocycles. The summed E-state index contributed by atoms with van der Waals surface area (Å²) < 4.78 is 23.4. The molecule has 0 saturated heterocycles. The smallest absolute Gasteiger partial charge is 0.331 e. The molecular weight excluding hydrogens is 448 g/mol. The van der Waals surface area contributed by atoms with Crippen LogP contribution in [0, 0.1) is 0 Å². The van der Waals surface area contributed by atoms with E-state index in [0.29, 0.717) is 17.2 Å². The van der Waals surface area contributed by atoms with Crippen molar-refractivity contribution in [2.45, 2.75) is 25.2 Å². The summed E-state index contributed by atoms with van der Waals surface area (Å²) >= 11 is 1.36. The van der Waals surface area contributed by atoms with E-state index in [4.69, 9.17) is 5.11 Å². The number of carbonyl (C=O) groups excluding carboxylic acids is 1. The third kappa shape index (κ3) is 5.89. The number of rotatable bonds is 7. The summed E-state index contributed by atoms with van der Waals surface area (Å²) in [5.74, 6) is -1.20. The van der Waals surface area contributed by atoms with Gasteiger partial charge in [-0.15, -0.1) is 11.3 Å². The van der Waals surface area contributed by atoms with E-state index in [1.165, 1.54) is 31.4 Å². The highest BCUT2D eigenvalue weighted by molar-refractivity contribution is 7.90. The van der Waals surface area contributed by atoms with Crippen molar-refractivity contribution >= 4 is 44.3 Å². The van der Waals surface area contributed by atoms with Crippen LogP contribution in [0.25, 0.3) is 17.3 Å². The number of carbonyl (C=O) groups is 2. The average Bonchev–Trinajstić information content (AvgIpc) is 3.09. The Bertz CT molecular complexity index is 1290. The average molecular weight is 471 g/mol. The number of thiazole rings is 1. The Morgan fingerprint density at radius 3 is 2.22 bits per heavy atom. The van der Waals surface area contributed by atoms with Crippen LogP contribution in [0.1, 0.15) is 29.9 Å². The number of amides is 1. The topological polar surface area (TPSA) is 113 Å². The Hall–Kier alpha value is -3.30. The first-order chi connectivity index (χ1) is 15.0. The van der Waals surface area contributed by atoms with Crippen molar-refractivity contribution in [3.63, 3.8) is 0 Å². The van der Waals surface area contributed by atoms with Crippen molar-refractivity contribution in [3.05, 3.63) is 70.1 Å². The molecule has 1 amide bonds. The van der Waals surface area contributed by atoms with Crippen molar-refractivity contribution in [2.24, 2.45) is 0 Å². The molecule has 3 rings (SSSR count). The van der Waals surface area contributed by atoms with Gasteiger partial charge in [-0.05, 0) is 36.3 Å². The van der Waals surface area contributed by atoms with E-state index in [9.17, 15) is 18.0 Å². The fraction of sp³-hybridized carbons (Fsp3) is 0.174. The number of carboxylic acids is 1. The highest BCUT2D eigenvalue weighted by atomic mass is 32.2. The minimum absolute atomic E-state index is 0.223. The van der Waals surface area contributed by atoms with Crippen LogP contribution in [0.15, 0.2) is 59.0 Å². The van der Waals surface area contributed by atoms with Gasteiger partial charge in [0.1, 0.15) is 0 Å². The zero-order valence-corrected chi connectivity index (χ0v) is 19.4. The molecular formula is C23H22N2O5S2. The summed E-state index contributed by atoms with van der Waals surface area (Å²) in [6.07, 6.45) is 3.26. The van der Waals surface area contributed by atoms with Crippen LogP contribution in [-0.4, -0.2) is 36.6 Å². The molecule has 0 aliphatic carbocycles. The molecule has 2 N–H and O–H groups in total. The lowest BCUT2D eigenvalue weighted by atomic mass is 10.0. The number of anilines is 1. The Kier molecular flexibility index (Phi) is 6.90. The molecule has 0 atom stereocenters. The Labute approximate surface area is 190 Å². The molecule has 32 heavy (non-hydrogen) atoms. The Morgan fingerprint density at radius 1 is 1.06 bits per heavy atom. The van der Waals surface area contributed by atoms with Gasteiger partial charge in [0.15, 0.2) is 15.0 Å². The monoisotopic (exact) mass is 470 g/mol. The van der Waals surface area contributed by atoms with Gasteiger partial charge >= 0.3 is 5.97 Å². The normalized spacial score (nSPS) is 11.9. The van der Waals surface area contributed by atoms with Crippen molar-refractivity contribution < 1.29 is 23.1 Å². The summed E-state index contributed by atoms with van der Waals surface area (Å²) in [6, 6.07) is 14.0. The third-order valence-corrected chi connectivity index (χ3v) is 6.70. The van der Waals surface area contributed by atoms with Crippen molar-refractivity contribution in [1.82, 2.24) is 4.98 Å². The summed E-state index contributed by atoms with van der Waals surface area (Å²) in [7, 11) is -3.27. The minimum Gasteiger partial charge on any atom is -0.478 e. The number of hydrogen-bond acceptors (Lipinski definition) is 6. The first-order valence-electron chi connectivity index (χ1n) is 9.61. The van der Waals surface area contributed by atoms with E-state index in [1.807, 2.05) is 24.3 Å². The van der Waals surface area contributed by atoms with Crippen LogP contribution in [0.2, 0.25) is 0 Å². The molecule has 0 spiro atoms. The zero-order valence-electron chi connectivity index (χ0n) is 17.7. The van der Waals surface area contributed by atoms with Crippen LogP contribution in [0.4, 0.5) is 5.13 Å². The number of carboxylic acid groups (broad SMARTS) is 1. The highest BCUT2D eigenvalue weighted by Gasteiger charge is 2.15. The molecule has 0 radical (unpaired) electrons. The first-order valence-corrected chi connectivity index (χ1v) is 12.3. The van der Waals surface area contributed by atoms with Gasteiger partial charge in [0.2, 0.25) is 5.91 Å². The van der Waals surface area contributed by atoms with Crippen LogP contribution in [-0.2, 0) is 25.8 Å². The molecule has 0 bridgehead atoms. The molecule has 0 aliphatic rings. The molecule has 2 aromatic carbocycles. The third-order valence-electron chi connectivity index (χ3n) is 4.60. The second-order valence-corrected chi connectivity index (χ2v) is 10.4. The molecule has 1 aromatic heterocycles. The van der Waals surface area contributed by atoms with Gasteiger partial charge in [-0.2, -0.15) is 0 Å². The largest absolute Gasteiger partial charge is 0.478 e. The number of aromatic nitrogens is 1. The van der Waals surface area contributed by atoms with Gasteiger partial charge < -0.3 is 10.4 Å². The van der Waals surface area contributed by atoms with Crippen LogP contribution < -0.4 is 5.32 Å². The van der Waals surface area contributed by atoms with Crippen molar-refractivity contribution in [1.29, 1.82) is 0 Å². The molecule has 9 heteroatoms. The standard InChI is InChI=1S/C23H22N2O5S2/c1-14(22(27)28)12-16-4-8-18(9-5-16)21-20(31-23(25-21)24-15(2)26)13-17-6-10-19(11-7-17)32(3,29)30/h4-12H,13H2,1-3H3,(H,27,28)(H,24,25,26). The maximum absolute atomic E-state index is 11.7. The summed E-state index contributed by atoms with van der Waals surface area (Å²) in [6.45, 7) is 2.94.